The summed E-state index contributed by atoms with van der Waals surface area (Å²) in [7, 11) is 0. The minimum atomic E-state index is -0.515. The van der Waals surface area contributed by atoms with Crippen LogP contribution in [0.5, 0.6) is 0 Å². The van der Waals surface area contributed by atoms with Gasteiger partial charge in [-0.15, -0.1) is 0 Å². The molecule has 3 heteroatoms. The summed E-state index contributed by atoms with van der Waals surface area (Å²) in [5, 5.41) is 11.7. The SMILES string of the molecule is CC(C)c1ccc(C(=O)NC[C@@H](C)O)cc1. The average Bonchev–Trinajstić information content (AvgIpc) is 2.26. The molecule has 0 aliphatic rings. The van der Waals surface area contributed by atoms with Crippen molar-refractivity contribution in [2.75, 3.05) is 6.54 Å². The molecule has 0 aliphatic carbocycles. The highest BCUT2D eigenvalue weighted by atomic mass is 16.3. The molecular formula is C13H19NO2. The normalized spacial score (nSPS) is 12.6. The van der Waals surface area contributed by atoms with Gasteiger partial charge >= 0.3 is 0 Å². The fraction of sp³-hybridized carbons (Fsp3) is 0.462. The third-order valence-corrected chi connectivity index (χ3v) is 2.40. The molecule has 0 saturated carbocycles. The van der Waals surface area contributed by atoms with Gasteiger partial charge in [0.2, 0.25) is 0 Å². The topological polar surface area (TPSA) is 49.3 Å². The predicted molar refractivity (Wildman–Crippen MR) is 64.5 cm³/mol. The van der Waals surface area contributed by atoms with Crippen LogP contribution in [0.3, 0.4) is 0 Å². The fourth-order valence-corrected chi connectivity index (χ4v) is 1.36. The van der Waals surface area contributed by atoms with Gasteiger partial charge in [0, 0.05) is 12.1 Å². The number of hydrogen-bond donors (Lipinski definition) is 2. The van der Waals surface area contributed by atoms with Gasteiger partial charge in [0.25, 0.3) is 5.91 Å². The molecular weight excluding hydrogens is 202 g/mol. The molecule has 3 nitrogen and oxygen atoms in total. The molecule has 0 aliphatic heterocycles. The van der Waals surface area contributed by atoms with Gasteiger partial charge in [0.05, 0.1) is 6.10 Å². The van der Waals surface area contributed by atoms with Crippen molar-refractivity contribution in [2.45, 2.75) is 32.8 Å². The fourth-order valence-electron chi connectivity index (χ4n) is 1.36. The second-order valence-electron chi connectivity index (χ2n) is 4.34. The lowest BCUT2D eigenvalue weighted by molar-refractivity contribution is 0.0924. The maximum Gasteiger partial charge on any atom is 0.251 e. The van der Waals surface area contributed by atoms with E-state index in [1.54, 1.807) is 6.92 Å². The van der Waals surface area contributed by atoms with E-state index in [1.165, 1.54) is 5.56 Å². The van der Waals surface area contributed by atoms with Crippen LogP contribution in [-0.2, 0) is 0 Å². The minimum absolute atomic E-state index is 0.142. The molecule has 0 radical (unpaired) electrons. The number of carbonyl (C=O) groups is 1. The first-order valence-corrected chi connectivity index (χ1v) is 5.57. The predicted octanol–water partition coefficient (Wildman–Crippen LogP) is 1.92. The van der Waals surface area contributed by atoms with E-state index >= 15 is 0 Å². The van der Waals surface area contributed by atoms with E-state index in [0.717, 1.165) is 0 Å². The van der Waals surface area contributed by atoms with E-state index < -0.39 is 6.10 Å². The van der Waals surface area contributed by atoms with Gasteiger partial charge in [0.1, 0.15) is 0 Å². The molecule has 1 atom stereocenters. The van der Waals surface area contributed by atoms with Gasteiger partial charge in [-0.05, 0) is 30.5 Å². The van der Waals surface area contributed by atoms with Crippen molar-refractivity contribution in [3.8, 4) is 0 Å². The molecule has 0 aromatic heterocycles. The standard InChI is InChI=1S/C13H19NO2/c1-9(2)11-4-6-12(7-5-11)13(16)14-8-10(3)15/h4-7,9-10,15H,8H2,1-3H3,(H,14,16)/t10-/m1/s1. The molecule has 1 amide bonds. The van der Waals surface area contributed by atoms with Crippen molar-refractivity contribution in [1.82, 2.24) is 5.32 Å². The number of carbonyl (C=O) groups excluding carboxylic acids is 1. The van der Waals surface area contributed by atoms with Gasteiger partial charge in [0.15, 0.2) is 0 Å². The number of nitrogens with one attached hydrogen (secondary N) is 1. The van der Waals surface area contributed by atoms with Gasteiger partial charge < -0.3 is 10.4 Å². The van der Waals surface area contributed by atoms with E-state index in [1.807, 2.05) is 24.3 Å². The number of amides is 1. The Morgan fingerprint density at radius 1 is 1.25 bits per heavy atom. The summed E-state index contributed by atoms with van der Waals surface area (Å²) in [5.74, 6) is 0.325. The summed E-state index contributed by atoms with van der Waals surface area (Å²) in [4.78, 5) is 11.6. The third-order valence-electron chi connectivity index (χ3n) is 2.40. The Labute approximate surface area is 96.5 Å². The Hall–Kier alpha value is -1.35. The Kier molecular flexibility index (Phi) is 4.50. The van der Waals surface area contributed by atoms with Crippen LogP contribution in [0.1, 0.15) is 42.6 Å². The Morgan fingerprint density at radius 3 is 2.25 bits per heavy atom. The van der Waals surface area contributed by atoms with E-state index in [9.17, 15) is 4.79 Å². The lowest BCUT2D eigenvalue weighted by Gasteiger charge is -2.09. The van der Waals surface area contributed by atoms with E-state index in [2.05, 4.69) is 19.2 Å². The Bertz CT molecular complexity index is 341. The quantitative estimate of drug-likeness (QED) is 0.816. The molecule has 16 heavy (non-hydrogen) atoms. The van der Waals surface area contributed by atoms with Crippen LogP contribution < -0.4 is 5.32 Å². The summed E-state index contributed by atoms with van der Waals surface area (Å²) in [6.45, 7) is 6.15. The maximum atomic E-state index is 11.6. The van der Waals surface area contributed by atoms with Crippen LogP contribution in [0.4, 0.5) is 0 Å². The third kappa shape index (κ3) is 3.66. The van der Waals surface area contributed by atoms with Crippen molar-refractivity contribution in [3.05, 3.63) is 35.4 Å². The molecule has 2 N–H and O–H groups in total. The minimum Gasteiger partial charge on any atom is -0.392 e. The zero-order chi connectivity index (χ0) is 12.1. The van der Waals surface area contributed by atoms with Crippen molar-refractivity contribution in [3.63, 3.8) is 0 Å². The van der Waals surface area contributed by atoms with Gasteiger partial charge in [-0.1, -0.05) is 26.0 Å². The molecule has 88 valence electrons. The van der Waals surface area contributed by atoms with Crippen LogP contribution in [0, 0.1) is 0 Å². The largest absolute Gasteiger partial charge is 0.392 e. The summed E-state index contributed by atoms with van der Waals surface area (Å²) >= 11 is 0. The summed E-state index contributed by atoms with van der Waals surface area (Å²) in [5.41, 5.74) is 1.84. The molecule has 0 unspecified atom stereocenters. The van der Waals surface area contributed by atoms with Gasteiger partial charge in [-0.3, -0.25) is 4.79 Å². The van der Waals surface area contributed by atoms with Crippen LogP contribution in [0.2, 0.25) is 0 Å². The highest BCUT2D eigenvalue weighted by Crippen LogP contribution is 2.14. The molecule has 0 saturated heterocycles. The Morgan fingerprint density at radius 2 is 1.81 bits per heavy atom. The molecule has 0 fully saturated rings. The Balaban J connectivity index is 2.63. The molecule has 0 heterocycles. The second kappa shape index (κ2) is 5.66. The molecule has 0 bridgehead atoms. The first-order valence-electron chi connectivity index (χ1n) is 5.57. The van der Waals surface area contributed by atoms with Crippen molar-refractivity contribution in [2.24, 2.45) is 0 Å². The van der Waals surface area contributed by atoms with E-state index in [4.69, 9.17) is 5.11 Å². The highest BCUT2D eigenvalue weighted by Gasteiger charge is 2.06. The molecule has 1 rings (SSSR count). The van der Waals surface area contributed by atoms with E-state index in [0.29, 0.717) is 11.5 Å². The number of aliphatic hydroxyl groups is 1. The van der Waals surface area contributed by atoms with Crippen LogP contribution >= 0.6 is 0 Å². The van der Waals surface area contributed by atoms with Crippen LogP contribution in [-0.4, -0.2) is 23.7 Å². The van der Waals surface area contributed by atoms with Crippen molar-refractivity contribution in [1.29, 1.82) is 0 Å². The maximum absolute atomic E-state index is 11.6. The van der Waals surface area contributed by atoms with Crippen LogP contribution in [0.25, 0.3) is 0 Å². The zero-order valence-corrected chi connectivity index (χ0v) is 10.0. The van der Waals surface area contributed by atoms with Crippen molar-refractivity contribution < 1.29 is 9.90 Å². The summed E-state index contributed by atoms with van der Waals surface area (Å²) < 4.78 is 0. The highest BCUT2D eigenvalue weighted by molar-refractivity contribution is 5.94. The monoisotopic (exact) mass is 221 g/mol. The number of aliphatic hydroxyl groups excluding tert-OH is 1. The molecule has 1 aromatic carbocycles. The second-order valence-corrected chi connectivity index (χ2v) is 4.34. The lowest BCUT2D eigenvalue weighted by Crippen LogP contribution is -2.30. The first-order chi connectivity index (χ1) is 7.50. The number of hydrogen-bond acceptors (Lipinski definition) is 2. The molecule has 0 spiro atoms. The van der Waals surface area contributed by atoms with E-state index in [-0.39, 0.29) is 12.5 Å². The number of rotatable bonds is 4. The smallest absolute Gasteiger partial charge is 0.251 e. The average molecular weight is 221 g/mol. The zero-order valence-electron chi connectivity index (χ0n) is 10.0. The lowest BCUT2D eigenvalue weighted by atomic mass is 10.0. The number of benzene rings is 1. The molecule has 1 aromatic rings. The van der Waals surface area contributed by atoms with Crippen molar-refractivity contribution >= 4 is 5.91 Å². The van der Waals surface area contributed by atoms with Gasteiger partial charge in [-0.25, -0.2) is 0 Å². The first kappa shape index (κ1) is 12.7. The summed E-state index contributed by atoms with van der Waals surface area (Å²) in [6, 6.07) is 7.54. The van der Waals surface area contributed by atoms with Gasteiger partial charge in [-0.2, -0.15) is 0 Å². The summed E-state index contributed by atoms with van der Waals surface area (Å²) in [6.07, 6.45) is -0.515. The van der Waals surface area contributed by atoms with Crippen LogP contribution in [0.15, 0.2) is 24.3 Å².